The average Bonchev–Trinajstić information content (AvgIpc) is 3.15. The van der Waals surface area contributed by atoms with E-state index in [4.69, 9.17) is 29.2 Å². The lowest BCUT2D eigenvalue weighted by molar-refractivity contribution is -0.00773. The highest BCUT2D eigenvalue weighted by Gasteiger charge is 2.39. The molecule has 0 radical (unpaired) electrons. The van der Waals surface area contributed by atoms with E-state index in [-0.39, 0.29) is 29.0 Å². The highest BCUT2D eigenvalue weighted by molar-refractivity contribution is 7.91. The number of rotatable bonds is 19. The van der Waals surface area contributed by atoms with Crippen LogP contribution in [0.15, 0.2) is 76.7 Å². The first kappa shape index (κ1) is 40.5. The Morgan fingerprint density at radius 1 is 1.09 bits per heavy atom. The molecule has 0 aromatic heterocycles. The number of sulfone groups is 1. The maximum absolute atomic E-state index is 14.7. The van der Waals surface area contributed by atoms with E-state index in [9.17, 15) is 8.42 Å². The third-order valence-corrected chi connectivity index (χ3v) is 11.7. The zero-order valence-corrected chi connectivity index (χ0v) is 32.5. The first-order valence-electron chi connectivity index (χ1n) is 18.6. The number of hydrogen-bond acceptors (Lipinski definition) is 10. The molecule has 12 nitrogen and oxygen atoms in total. The summed E-state index contributed by atoms with van der Waals surface area (Å²) in [7, 11) is -2.33. The van der Waals surface area contributed by atoms with E-state index in [2.05, 4.69) is 44.5 Å². The second-order valence-electron chi connectivity index (χ2n) is 14.0. The first-order chi connectivity index (χ1) is 25.6. The Labute approximate surface area is 314 Å². The van der Waals surface area contributed by atoms with E-state index in [0.29, 0.717) is 64.5 Å². The van der Waals surface area contributed by atoms with Crippen LogP contribution in [0.2, 0.25) is 0 Å². The van der Waals surface area contributed by atoms with Gasteiger partial charge in [-0.1, -0.05) is 60.1 Å². The fourth-order valence-electron chi connectivity index (χ4n) is 7.13. The van der Waals surface area contributed by atoms with Crippen LogP contribution in [0.1, 0.15) is 73.6 Å². The van der Waals surface area contributed by atoms with Crippen LogP contribution in [0.3, 0.4) is 0 Å². The van der Waals surface area contributed by atoms with E-state index in [1.54, 1.807) is 19.2 Å². The second-order valence-corrected chi connectivity index (χ2v) is 16.0. The SMILES string of the molecule is CCO[C@H](C)COCc1ccc([C@H]2C[C@@H](CC(C)N=[N+]=[N-])NC[C@@H]2OC(c2ccc3c(c2)N(CCCOC)CCO3)S(=O)(=O)c2ccc(C)cc2)cc1. The van der Waals surface area contributed by atoms with Gasteiger partial charge in [-0.25, -0.2) is 8.42 Å². The van der Waals surface area contributed by atoms with E-state index >= 15 is 0 Å². The lowest BCUT2D eigenvalue weighted by atomic mass is 9.82. The van der Waals surface area contributed by atoms with Gasteiger partial charge in [0, 0.05) is 56.3 Å². The van der Waals surface area contributed by atoms with Crippen LogP contribution >= 0.6 is 0 Å². The number of azide groups is 1. The zero-order chi connectivity index (χ0) is 37.8. The van der Waals surface area contributed by atoms with Crippen LogP contribution < -0.4 is 15.0 Å². The van der Waals surface area contributed by atoms with Crippen molar-refractivity contribution in [2.75, 3.05) is 58.1 Å². The largest absolute Gasteiger partial charge is 0.490 e. The number of hydrogen-bond donors (Lipinski definition) is 1. The standard InChI is InChI=1S/C40H55N5O7S/c1-6-50-30(4)26-49-27-31-10-12-32(13-11-31)36-24-34(22-29(3)43-44-41)42-25-39(36)52-40(53(46,47)35-15-8-28(2)9-16-35)33-14-17-38-37(23-33)45(19-21-51-38)18-7-20-48-5/h8-17,23,29-30,34,36,39-40,42H,6-7,18-22,24-27H2,1-5H3/t29?,30-,34-,36-,39+,40?/m1/s1. The summed E-state index contributed by atoms with van der Waals surface area (Å²) in [6.07, 6.45) is 1.66. The van der Waals surface area contributed by atoms with Crippen LogP contribution in [-0.4, -0.2) is 85.9 Å². The van der Waals surface area contributed by atoms with Crippen LogP contribution in [0, 0.1) is 6.92 Å². The predicted octanol–water partition coefficient (Wildman–Crippen LogP) is 7.26. The normalized spacial score (nSPS) is 20.5. The first-order valence-corrected chi connectivity index (χ1v) is 20.2. The highest BCUT2D eigenvalue weighted by Crippen LogP contribution is 2.41. The van der Waals surface area contributed by atoms with Crippen molar-refractivity contribution >= 4 is 15.5 Å². The fraction of sp³-hybridized carbons (Fsp3) is 0.550. The molecule has 2 heterocycles. The van der Waals surface area contributed by atoms with Crippen LogP contribution in [0.4, 0.5) is 5.69 Å². The average molecular weight is 750 g/mol. The van der Waals surface area contributed by atoms with Gasteiger partial charge in [0.15, 0.2) is 5.44 Å². The van der Waals surface area contributed by atoms with Crippen molar-refractivity contribution in [3.05, 3.63) is 99.4 Å². The van der Waals surface area contributed by atoms with Crippen molar-refractivity contribution < 1.29 is 32.1 Å². The summed E-state index contributed by atoms with van der Waals surface area (Å²) in [5.41, 5.74) is 12.2. The maximum atomic E-state index is 14.7. The predicted molar refractivity (Wildman–Crippen MR) is 206 cm³/mol. The Morgan fingerprint density at radius 3 is 2.58 bits per heavy atom. The van der Waals surface area contributed by atoms with Gasteiger partial charge in [0.25, 0.3) is 0 Å². The second kappa shape index (κ2) is 19.6. The minimum absolute atomic E-state index is 0.0159. The third kappa shape index (κ3) is 10.9. The molecular formula is C40H55N5O7S. The Balaban J connectivity index is 1.48. The molecule has 0 amide bonds. The number of piperidine rings is 1. The van der Waals surface area contributed by atoms with Gasteiger partial charge in [0.2, 0.25) is 9.84 Å². The topological polar surface area (TPSA) is 144 Å². The van der Waals surface area contributed by atoms with Gasteiger partial charge in [-0.05, 0) is 86.5 Å². The molecule has 2 aliphatic heterocycles. The monoisotopic (exact) mass is 749 g/mol. The number of methoxy groups -OCH3 is 1. The molecule has 0 aliphatic carbocycles. The molecule has 2 unspecified atom stereocenters. The zero-order valence-electron chi connectivity index (χ0n) is 31.6. The van der Waals surface area contributed by atoms with E-state index < -0.39 is 21.4 Å². The molecule has 53 heavy (non-hydrogen) atoms. The van der Waals surface area contributed by atoms with E-state index in [0.717, 1.165) is 41.1 Å². The molecule has 1 fully saturated rings. The number of fused-ring (bicyclic) bond motifs is 1. The van der Waals surface area contributed by atoms with Gasteiger partial charge in [-0.2, -0.15) is 0 Å². The molecule has 0 saturated carbocycles. The quantitative estimate of drug-likeness (QED) is 0.0579. The minimum Gasteiger partial charge on any atom is -0.490 e. The van der Waals surface area contributed by atoms with Gasteiger partial charge in [0.1, 0.15) is 12.4 Å². The summed E-state index contributed by atoms with van der Waals surface area (Å²) in [6.45, 7) is 12.4. The van der Waals surface area contributed by atoms with E-state index in [1.807, 2.05) is 58.0 Å². The summed E-state index contributed by atoms with van der Waals surface area (Å²) in [6, 6.07) is 20.6. The minimum atomic E-state index is -4.02. The van der Waals surface area contributed by atoms with Crippen molar-refractivity contribution in [2.24, 2.45) is 5.11 Å². The third-order valence-electron chi connectivity index (χ3n) is 9.87. The summed E-state index contributed by atoms with van der Waals surface area (Å²) >= 11 is 0. The Bertz CT molecular complexity index is 1750. The molecule has 1 saturated heterocycles. The van der Waals surface area contributed by atoms with Gasteiger partial charge in [-0.15, -0.1) is 0 Å². The van der Waals surface area contributed by atoms with Crippen molar-refractivity contribution in [1.82, 2.24) is 5.32 Å². The molecule has 1 N–H and O–H groups in total. The van der Waals surface area contributed by atoms with Gasteiger partial charge >= 0.3 is 0 Å². The molecular weight excluding hydrogens is 695 g/mol. The number of nitrogens with zero attached hydrogens (tertiary/aromatic N) is 4. The van der Waals surface area contributed by atoms with Crippen LogP contribution in [0.25, 0.3) is 10.4 Å². The van der Waals surface area contributed by atoms with E-state index in [1.165, 1.54) is 0 Å². The molecule has 6 atom stereocenters. The number of ether oxygens (including phenoxy) is 5. The summed E-state index contributed by atoms with van der Waals surface area (Å²) < 4.78 is 59.0. The van der Waals surface area contributed by atoms with Gasteiger partial charge < -0.3 is 33.9 Å². The number of benzene rings is 3. The summed E-state index contributed by atoms with van der Waals surface area (Å²) in [5.74, 6) is 0.573. The molecule has 13 heteroatoms. The fourth-order valence-corrected chi connectivity index (χ4v) is 8.69. The maximum Gasteiger partial charge on any atom is 0.209 e. The number of aryl methyl sites for hydroxylation is 1. The lowest BCUT2D eigenvalue weighted by Gasteiger charge is -2.39. The van der Waals surface area contributed by atoms with Crippen LogP contribution in [-0.2, 0) is 35.4 Å². The van der Waals surface area contributed by atoms with Gasteiger partial charge in [0.05, 0.1) is 42.5 Å². The van der Waals surface area contributed by atoms with Gasteiger partial charge in [-0.3, -0.25) is 0 Å². The summed E-state index contributed by atoms with van der Waals surface area (Å²) in [5, 5.41) is 7.49. The Kier molecular flexibility index (Phi) is 15.0. The molecule has 3 aromatic rings. The lowest BCUT2D eigenvalue weighted by Crippen LogP contribution is -2.48. The molecule has 2 aliphatic rings. The van der Waals surface area contributed by atoms with Crippen LogP contribution in [0.5, 0.6) is 5.75 Å². The van der Waals surface area contributed by atoms with Crippen molar-refractivity contribution in [1.29, 1.82) is 0 Å². The smallest absolute Gasteiger partial charge is 0.209 e. The summed E-state index contributed by atoms with van der Waals surface area (Å²) in [4.78, 5) is 5.43. The molecule has 5 rings (SSSR count). The molecule has 0 bridgehead atoms. The Morgan fingerprint density at radius 2 is 1.87 bits per heavy atom. The number of nitrogens with one attached hydrogen (secondary N) is 1. The highest BCUT2D eigenvalue weighted by atomic mass is 32.2. The molecule has 288 valence electrons. The van der Waals surface area contributed by atoms with Crippen molar-refractivity contribution in [3.63, 3.8) is 0 Å². The molecule has 0 spiro atoms. The van der Waals surface area contributed by atoms with Crippen molar-refractivity contribution in [2.45, 2.75) is 94.1 Å². The number of anilines is 1. The molecule has 3 aromatic carbocycles. The van der Waals surface area contributed by atoms with Crippen molar-refractivity contribution in [3.8, 4) is 5.75 Å². The Hall–Kier alpha value is -3.68.